The zero-order valence-electron chi connectivity index (χ0n) is 14.7. The van der Waals surface area contributed by atoms with Gasteiger partial charge in [-0.2, -0.15) is 0 Å². The molecule has 2 saturated heterocycles. The lowest BCUT2D eigenvalue weighted by Crippen LogP contribution is -2.38. The van der Waals surface area contributed by atoms with Gasteiger partial charge in [-0.25, -0.2) is 16.8 Å². The average Bonchev–Trinajstić information content (AvgIpc) is 3.08. The van der Waals surface area contributed by atoms with Crippen molar-refractivity contribution < 1.29 is 26.4 Å². The van der Waals surface area contributed by atoms with Gasteiger partial charge in [0.1, 0.15) is 0 Å². The molecule has 3 rings (SSSR count). The van der Waals surface area contributed by atoms with Gasteiger partial charge in [-0.05, 0) is 24.6 Å². The van der Waals surface area contributed by atoms with Crippen LogP contribution in [0.15, 0.2) is 24.3 Å². The van der Waals surface area contributed by atoms with Crippen molar-refractivity contribution in [3.63, 3.8) is 0 Å². The zero-order valence-corrected chi connectivity index (χ0v) is 16.3. The third-order valence-corrected chi connectivity index (χ3v) is 6.97. The predicted molar refractivity (Wildman–Crippen MR) is 100 cm³/mol. The highest BCUT2D eigenvalue weighted by Gasteiger charge is 2.41. The number of nitrogens with zero attached hydrogens (tertiary/aromatic N) is 1. The van der Waals surface area contributed by atoms with Crippen LogP contribution in [0.4, 0.5) is 11.4 Å². The van der Waals surface area contributed by atoms with E-state index in [0.717, 1.165) is 6.26 Å². The number of hydrogen-bond donors (Lipinski definition) is 2. The van der Waals surface area contributed by atoms with Crippen molar-refractivity contribution in [3.8, 4) is 0 Å². The standard InChI is InChI=1S/C16H21N3O6S2/c1-26(22,23)18-13-4-2-3-12(8-13)17-16(21)11-7-15(20)19(9-11)14-5-6-27(24,25)10-14/h2-4,8,11,14,18H,5-7,9-10H2,1H3,(H,17,21). The Hall–Kier alpha value is -2.14. The summed E-state index contributed by atoms with van der Waals surface area (Å²) >= 11 is 0. The zero-order chi connectivity index (χ0) is 19.8. The first-order valence-corrected chi connectivity index (χ1v) is 12.1. The molecule has 0 spiro atoms. The van der Waals surface area contributed by atoms with Crippen LogP contribution in [0.5, 0.6) is 0 Å². The first kappa shape index (κ1) is 19.6. The molecule has 1 aromatic rings. The molecule has 148 valence electrons. The molecular formula is C16H21N3O6S2. The molecule has 0 bridgehead atoms. The summed E-state index contributed by atoms with van der Waals surface area (Å²) < 4.78 is 48.2. The van der Waals surface area contributed by atoms with E-state index in [-0.39, 0.29) is 42.3 Å². The number of hydrogen-bond acceptors (Lipinski definition) is 6. The summed E-state index contributed by atoms with van der Waals surface area (Å²) in [6.45, 7) is 0.187. The van der Waals surface area contributed by atoms with Gasteiger partial charge in [-0.15, -0.1) is 0 Å². The second-order valence-corrected chi connectivity index (χ2v) is 10.9. The molecule has 1 aromatic carbocycles. The third-order valence-electron chi connectivity index (χ3n) is 4.61. The Kier molecular flexibility index (Phi) is 5.17. The number of sulfonamides is 1. The van der Waals surface area contributed by atoms with E-state index in [1.165, 1.54) is 11.0 Å². The fourth-order valence-corrected chi connectivity index (χ4v) is 5.69. The van der Waals surface area contributed by atoms with Crippen LogP contribution in [0.3, 0.4) is 0 Å². The number of nitrogens with one attached hydrogen (secondary N) is 2. The van der Waals surface area contributed by atoms with E-state index in [2.05, 4.69) is 10.0 Å². The quantitative estimate of drug-likeness (QED) is 0.698. The highest BCUT2D eigenvalue weighted by atomic mass is 32.2. The van der Waals surface area contributed by atoms with Gasteiger partial charge >= 0.3 is 0 Å². The average molecular weight is 415 g/mol. The molecular weight excluding hydrogens is 394 g/mol. The van der Waals surface area contributed by atoms with Crippen molar-refractivity contribution in [1.82, 2.24) is 4.90 Å². The van der Waals surface area contributed by atoms with Gasteiger partial charge in [0.25, 0.3) is 0 Å². The van der Waals surface area contributed by atoms with Crippen LogP contribution < -0.4 is 10.0 Å². The van der Waals surface area contributed by atoms with E-state index in [9.17, 15) is 26.4 Å². The molecule has 11 heteroatoms. The number of rotatable bonds is 5. The molecule has 2 aliphatic rings. The highest BCUT2D eigenvalue weighted by Crippen LogP contribution is 2.27. The highest BCUT2D eigenvalue weighted by molar-refractivity contribution is 7.92. The summed E-state index contributed by atoms with van der Waals surface area (Å²) in [7, 11) is -6.55. The van der Waals surface area contributed by atoms with E-state index in [1.54, 1.807) is 18.2 Å². The van der Waals surface area contributed by atoms with Crippen LogP contribution in [-0.2, 0) is 29.4 Å². The summed E-state index contributed by atoms with van der Waals surface area (Å²) in [6.07, 6.45) is 1.46. The number of carbonyl (C=O) groups is 2. The first-order valence-electron chi connectivity index (χ1n) is 8.41. The molecule has 0 aromatic heterocycles. The molecule has 0 saturated carbocycles. The van der Waals surface area contributed by atoms with Crippen LogP contribution in [0.25, 0.3) is 0 Å². The van der Waals surface area contributed by atoms with Gasteiger partial charge in [0, 0.05) is 24.7 Å². The first-order chi connectivity index (χ1) is 12.5. The fourth-order valence-electron chi connectivity index (χ4n) is 3.40. The molecule has 9 nitrogen and oxygen atoms in total. The number of anilines is 2. The smallest absolute Gasteiger partial charge is 0.229 e. The van der Waals surface area contributed by atoms with Gasteiger partial charge in [-0.1, -0.05) is 6.07 Å². The normalized spacial score (nSPS) is 24.8. The predicted octanol–water partition coefficient (Wildman–Crippen LogP) is 0.0322. The van der Waals surface area contributed by atoms with E-state index in [4.69, 9.17) is 0 Å². The molecule has 0 radical (unpaired) electrons. The maximum absolute atomic E-state index is 12.5. The molecule has 2 atom stereocenters. The minimum Gasteiger partial charge on any atom is -0.338 e. The number of sulfone groups is 1. The molecule has 2 N–H and O–H groups in total. The van der Waals surface area contributed by atoms with Crippen molar-refractivity contribution in [3.05, 3.63) is 24.3 Å². The third kappa shape index (κ3) is 4.98. The summed E-state index contributed by atoms with van der Waals surface area (Å²) in [6, 6.07) is 5.89. The Labute approximate surface area is 158 Å². The van der Waals surface area contributed by atoms with Crippen LogP contribution in [-0.4, -0.2) is 63.9 Å². The Balaban J connectivity index is 1.64. The monoisotopic (exact) mass is 415 g/mol. The lowest BCUT2D eigenvalue weighted by molar-refractivity contribution is -0.129. The lowest BCUT2D eigenvalue weighted by atomic mass is 10.1. The SMILES string of the molecule is CS(=O)(=O)Nc1cccc(NC(=O)C2CC(=O)N(C3CCS(=O)(=O)C3)C2)c1. The van der Waals surface area contributed by atoms with E-state index < -0.39 is 25.8 Å². The fraction of sp³-hybridized carbons (Fsp3) is 0.500. The minimum absolute atomic E-state index is 0.0314. The molecule has 2 heterocycles. The second-order valence-electron chi connectivity index (χ2n) is 6.95. The van der Waals surface area contributed by atoms with Crippen LogP contribution in [0, 0.1) is 5.92 Å². The number of likely N-dealkylation sites (tertiary alicyclic amines) is 1. The van der Waals surface area contributed by atoms with Crippen molar-refractivity contribution in [2.24, 2.45) is 5.92 Å². The molecule has 0 aliphatic carbocycles. The molecule has 27 heavy (non-hydrogen) atoms. The summed E-state index contributed by atoms with van der Waals surface area (Å²) in [5.74, 6) is -1.13. The van der Waals surface area contributed by atoms with Crippen molar-refractivity contribution in [2.45, 2.75) is 18.9 Å². The van der Waals surface area contributed by atoms with Crippen molar-refractivity contribution in [1.29, 1.82) is 0 Å². The topological polar surface area (TPSA) is 130 Å². The minimum atomic E-state index is -3.43. The number of benzene rings is 1. The van der Waals surface area contributed by atoms with E-state index in [0.29, 0.717) is 17.8 Å². The largest absolute Gasteiger partial charge is 0.338 e. The van der Waals surface area contributed by atoms with Gasteiger partial charge in [0.05, 0.1) is 29.4 Å². The second kappa shape index (κ2) is 7.12. The summed E-state index contributed by atoms with van der Waals surface area (Å²) in [4.78, 5) is 26.2. The molecule has 2 fully saturated rings. The van der Waals surface area contributed by atoms with Gasteiger partial charge < -0.3 is 10.2 Å². The van der Waals surface area contributed by atoms with Gasteiger partial charge in [-0.3, -0.25) is 14.3 Å². The van der Waals surface area contributed by atoms with E-state index in [1.807, 2.05) is 0 Å². The lowest BCUT2D eigenvalue weighted by Gasteiger charge is -2.23. The Morgan fingerprint density at radius 3 is 2.59 bits per heavy atom. The summed E-state index contributed by atoms with van der Waals surface area (Å²) in [5.41, 5.74) is 0.721. The van der Waals surface area contributed by atoms with Gasteiger partial charge in [0.15, 0.2) is 9.84 Å². The maximum Gasteiger partial charge on any atom is 0.229 e. The van der Waals surface area contributed by atoms with Crippen molar-refractivity contribution in [2.75, 3.05) is 34.3 Å². The Bertz CT molecular complexity index is 974. The Morgan fingerprint density at radius 1 is 1.26 bits per heavy atom. The summed E-state index contributed by atoms with van der Waals surface area (Å²) in [5, 5.41) is 2.69. The maximum atomic E-state index is 12.5. The van der Waals surface area contributed by atoms with Crippen molar-refractivity contribution >= 4 is 43.0 Å². The molecule has 2 amide bonds. The number of carbonyl (C=O) groups excluding carboxylic acids is 2. The van der Waals surface area contributed by atoms with Crippen LogP contribution >= 0.6 is 0 Å². The molecule has 2 aliphatic heterocycles. The molecule has 2 unspecified atom stereocenters. The van der Waals surface area contributed by atoms with E-state index >= 15 is 0 Å². The van der Waals surface area contributed by atoms with Gasteiger partial charge in [0.2, 0.25) is 21.8 Å². The van der Waals surface area contributed by atoms with Crippen LogP contribution in [0.2, 0.25) is 0 Å². The number of amides is 2. The Morgan fingerprint density at radius 2 is 1.96 bits per heavy atom. The van der Waals surface area contributed by atoms with Crippen LogP contribution in [0.1, 0.15) is 12.8 Å².